The van der Waals surface area contributed by atoms with Crippen molar-refractivity contribution >= 4 is 10.8 Å². The Morgan fingerprint density at radius 2 is 1.94 bits per heavy atom. The predicted molar refractivity (Wildman–Crippen MR) is 70.1 cm³/mol. The first-order valence-corrected chi connectivity index (χ1v) is 6.31. The Morgan fingerprint density at radius 3 is 2.78 bits per heavy atom. The van der Waals surface area contributed by atoms with Crippen molar-refractivity contribution in [2.75, 3.05) is 13.2 Å². The van der Waals surface area contributed by atoms with Gasteiger partial charge in [0.25, 0.3) is 0 Å². The van der Waals surface area contributed by atoms with Crippen LogP contribution in [0.4, 0.5) is 4.39 Å². The van der Waals surface area contributed by atoms with Gasteiger partial charge in [-0.3, -0.25) is 0 Å². The van der Waals surface area contributed by atoms with E-state index in [9.17, 15) is 9.50 Å². The normalized spacial score (nSPS) is 23.7. The number of aliphatic hydroxyl groups excluding tert-OH is 1. The zero-order valence-electron chi connectivity index (χ0n) is 10.1. The molecular formula is C15H16FNO. The molecule has 18 heavy (non-hydrogen) atoms. The van der Waals surface area contributed by atoms with Crippen LogP contribution in [0.25, 0.3) is 10.8 Å². The molecule has 94 valence electrons. The first kappa shape index (κ1) is 11.6. The smallest absolute Gasteiger partial charge is 0.123 e. The van der Waals surface area contributed by atoms with Crippen molar-refractivity contribution in [3.05, 3.63) is 47.8 Å². The highest BCUT2D eigenvalue weighted by Gasteiger charge is 2.27. The van der Waals surface area contributed by atoms with Gasteiger partial charge < -0.3 is 10.4 Å². The Balaban J connectivity index is 2.00. The first-order chi connectivity index (χ1) is 8.78. The molecule has 3 heteroatoms. The van der Waals surface area contributed by atoms with Gasteiger partial charge in [0.05, 0.1) is 6.61 Å². The van der Waals surface area contributed by atoms with Crippen LogP contribution in [0.15, 0.2) is 36.4 Å². The zero-order chi connectivity index (χ0) is 12.5. The first-order valence-electron chi connectivity index (χ1n) is 6.31. The van der Waals surface area contributed by atoms with Gasteiger partial charge in [-0.25, -0.2) is 4.39 Å². The number of halogens is 1. The lowest BCUT2D eigenvalue weighted by atomic mass is 9.91. The van der Waals surface area contributed by atoms with Gasteiger partial charge in [0, 0.05) is 12.0 Å². The molecule has 1 aliphatic rings. The van der Waals surface area contributed by atoms with E-state index in [-0.39, 0.29) is 18.5 Å². The number of fused-ring (bicyclic) bond motifs is 1. The van der Waals surface area contributed by atoms with Crippen molar-refractivity contribution < 1.29 is 9.50 Å². The van der Waals surface area contributed by atoms with Gasteiger partial charge in [-0.2, -0.15) is 0 Å². The Hall–Kier alpha value is -1.45. The van der Waals surface area contributed by atoms with Crippen LogP contribution in [0.5, 0.6) is 0 Å². The molecule has 3 rings (SSSR count). The molecule has 0 aromatic heterocycles. The average molecular weight is 245 g/mol. The Morgan fingerprint density at radius 1 is 1.17 bits per heavy atom. The Bertz CT molecular complexity index is 569. The van der Waals surface area contributed by atoms with Gasteiger partial charge in [-0.15, -0.1) is 0 Å². The fourth-order valence-corrected chi connectivity index (χ4v) is 2.82. The van der Waals surface area contributed by atoms with Crippen LogP contribution >= 0.6 is 0 Å². The second-order valence-corrected chi connectivity index (χ2v) is 4.89. The van der Waals surface area contributed by atoms with Gasteiger partial charge in [-0.1, -0.05) is 24.3 Å². The number of rotatable bonds is 2. The molecule has 0 bridgehead atoms. The molecule has 2 aromatic carbocycles. The van der Waals surface area contributed by atoms with Crippen molar-refractivity contribution in [3.8, 4) is 0 Å². The van der Waals surface area contributed by atoms with Crippen molar-refractivity contribution in [2.45, 2.75) is 18.4 Å². The molecule has 2 atom stereocenters. The summed E-state index contributed by atoms with van der Waals surface area (Å²) in [6.45, 7) is 1.10. The number of hydrogen-bond donors (Lipinski definition) is 2. The van der Waals surface area contributed by atoms with E-state index in [1.54, 1.807) is 6.07 Å². The Kier molecular flexibility index (Phi) is 3.02. The van der Waals surface area contributed by atoms with Crippen molar-refractivity contribution in [1.29, 1.82) is 0 Å². The van der Waals surface area contributed by atoms with Crippen LogP contribution < -0.4 is 5.32 Å². The van der Waals surface area contributed by atoms with Gasteiger partial charge >= 0.3 is 0 Å². The van der Waals surface area contributed by atoms with E-state index in [0.29, 0.717) is 5.92 Å². The molecule has 2 N–H and O–H groups in total. The number of benzene rings is 2. The molecule has 2 nitrogen and oxygen atoms in total. The molecule has 1 heterocycles. The lowest BCUT2D eigenvalue weighted by Crippen LogP contribution is -2.29. The second kappa shape index (κ2) is 4.67. The summed E-state index contributed by atoms with van der Waals surface area (Å²) < 4.78 is 13.1. The minimum atomic E-state index is -0.203. The van der Waals surface area contributed by atoms with Crippen molar-refractivity contribution in [3.63, 3.8) is 0 Å². The van der Waals surface area contributed by atoms with E-state index in [1.807, 2.05) is 18.2 Å². The summed E-state index contributed by atoms with van der Waals surface area (Å²) in [5.74, 6) is 0.149. The molecule has 0 aliphatic carbocycles. The topological polar surface area (TPSA) is 32.3 Å². The molecule has 1 saturated heterocycles. The quantitative estimate of drug-likeness (QED) is 0.851. The van der Waals surface area contributed by atoms with Gasteiger partial charge in [0.15, 0.2) is 0 Å². The Labute approximate surface area is 105 Å². The molecule has 0 unspecified atom stereocenters. The molecule has 0 spiro atoms. The summed E-state index contributed by atoms with van der Waals surface area (Å²) in [6.07, 6.45) is 1.04. The lowest BCUT2D eigenvalue weighted by molar-refractivity contribution is 0.245. The van der Waals surface area contributed by atoms with E-state index in [4.69, 9.17) is 0 Å². The van der Waals surface area contributed by atoms with Crippen LogP contribution in [0.1, 0.15) is 17.9 Å². The molecule has 2 aromatic rings. The van der Waals surface area contributed by atoms with Gasteiger partial charge in [-0.05, 0) is 41.4 Å². The van der Waals surface area contributed by atoms with Gasteiger partial charge in [0.1, 0.15) is 5.82 Å². The predicted octanol–water partition coefficient (Wildman–Crippen LogP) is 2.42. The summed E-state index contributed by atoms with van der Waals surface area (Å²) in [6, 6.07) is 11.1. The molecular weight excluding hydrogens is 229 g/mol. The van der Waals surface area contributed by atoms with Crippen LogP contribution in [-0.4, -0.2) is 24.3 Å². The van der Waals surface area contributed by atoms with Crippen molar-refractivity contribution in [1.82, 2.24) is 5.32 Å². The largest absolute Gasteiger partial charge is 0.395 e. The van der Waals surface area contributed by atoms with E-state index < -0.39 is 0 Å². The summed E-state index contributed by atoms with van der Waals surface area (Å²) in [4.78, 5) is 0. The maximum absolute atomic E-state index is 13.1. The molecule has 0 saturated carbocycles. The monoisotopic (exact) mass is 245 g/mol. The third kappa shape index (κ3) is 2.00. The highest BCUT2D eigenvalue weighted by Crippen LogP contribution is 2.30. The minimum Gasteiger partial charge on any atom is -0.395 e. The maximum atomic E-state index is 13.1. The van der Waals surface area contributed by atoms with E-state index in [1.165, 1.54) is 11.6 Å². The second-order valence-electron chi connectivity index (χ2n) is 4.89. The standard InChI is InChI=1S/C15H16FNO/c16-13-4-3-10-7-12(2-1-11(10)8-13)14-5-6-17-15(14)9-18/h1-4,7-8,14-15,17-18H,5-6,9H2/t14-,15+/m1/s1. The number of hydrogen-bond acceptors (Lipinski definition) is 2. The average Bonchev–Trinajstić information content (AvgIpc) is 2.86. The highest BCUT2D eigenvalue weighted by molar-refractivity contribution is 5.83. The summed E-state index contributed by atoms with van der Waals surface area (Å²) in [7, 11) is 0. The fourth-order valence-electron chi connectivity index (χ4n) is 2.82. The van der Waals surface area contributed by atoms with Crippen LogP contribution in [0.3, 0.4) is 0 Å². The molecule has 1 aliphatic heterocycles. The lowest BCUT2D eigenvalue weighted by Gasteiger charge is -2.18. The van der Waals surface area contributed by atoms with E-state index in [2.05, 4.69) is 11.4 Å². The van der Waals surface area contributed by atoms with Gasteiger partial charge in [0.2, 0.25) is 0 Å². The molecule has 0 amide bonds. The summed E-state index contributed by atoms with van der Waals surface area (Å²) in [5, 5.41) is 14.6. The number of aliphatic hydroxyl groups is 1. The summed E-state index contributed by atoms with van der Waals surface area (Å²) in [5.41, 5.74) is 1.22. The molecule has 1 fully saturated rings. The minimum absolute atomic E-state index is 0.142. The van der Waals surface area contributed by atoms with E-state index >= 15 is 0 Å². The maximum Gasteiger partial charge on any atom is 0.123 e. The number of nitrogens with one attached hydrogen (secondary N) is 1. The third-order valence-corrected chi connectivity index (χ3v) is 3.80. The molecule has 0 radical (unpaired) electrons. The van der Waals surface area contributed by atoms with Crippen molar-refractivity contribution in [2.24, 2.45) is 0 Å². The zero-order valence-corrected chi connectivity index (χ0v) is 10.1. The highest BCUT2D eigenvalue weighted by atomic mass is 19.1. The fraction of sp³-hybridized carbons (Fsp3) is 0.333. The SMILES string of the molecule is OC[C@@H]1NCC[C@@H]1c1ccc2cc(F)ccc2c1. The van der Waals surface area contributed by atoms with E-state index in [0.717, 1.165) is 23.7 Å². The summed E-state index contributed by atoms with van der Waals surface area (Å²) >= 11 is 0. The van der Waals surface area contributed by atoms with Crippen LogP contribution in [-0.2, 0) is 0 Å². The third-order valence-electron chi connectivity index (χ3n) is 3.80. The van der Waals surface area contributed by atoms with Crippen LogP contribution in [0, 0.1) is 5.82 Å². The van der Waals surface area contributed by atoms with Crippen LogP contribution in [0.2, 0.25) is 0 Å².